The fourth-order valence-electron chi connectivity index (χ4n) is 1.18. The third-order valence-electron chi connectivity index (χ3n) is 2.21. The van der Waals surface area contributed by atoms with Gasteiger partial charge < -0.3 is 5.11 Å². The van der Waals surface area contributed by atoms with Crippen molar-refractivity contribution in [1.82, 2.24) is 4.31 Å². The Morgan fingerprint density at radius 3 is 2.36 bits per heavy atom. The van der Waals surface area contributed by atoms with E-state index in [0.29, 0.717) is 4.31 Å². The lowest BCUT2D eigenvalue weighted by atomic mass is 10.2. The Morgan fingerprint density at radius 1 is 1.50 bits per heavy atom. The molecule has 0 spiro atoms. The van der Waals surface area contributed by atoms with E-state index >= 15 is 0 Å². The first-order valence-electron chi connectivity index (χ1n) is 4.00. The molecule has 0 radical (unpaired) electrons. The monoisotopic (exact) mass is 221 g/mol. The molecule has 1 fully saturated rings. The molecule has 0 aromatic heterocycles. The van der Waals surface area contributed by atoms with Crippen LogP contribution >= 0.6 is 0 Å². The van der Waals surface area contributed by atoms with Crippen LogP contribution in [0.1, 0.15) is 20.3 Å². The number of hydrogen-bond donors (Lipinski definition) is 1. The van der Waals surface area contributed by atoms with Crippen molar-refractivity contribution in [2.75, 3.05) is 6.54 Å². The van der Waals surface area contributed by atoms with E-state index in [2.05, 4.69) is 0 Å². The van der Waals surface area contributed by atoms with Crippen LogP contribution in [0.15, 0.2) is 0 Å². The Morgan fingerprint density at radius 2 is 2.00 bits per heavy atom. The van der Waals surface area contributed by atoms with Crippen LogP contribution in [0.5, 0.6) is 0 Å². The average Bonchev–Trinajstić information content (AvgIpc) is 2.02. The van der Waals surface area contributed by atoms with Crippen LogP contribution in [0.4, 0.5) is 0 Å². The van der Waals surface area contributed by atoms with E-state index in [9.17, 15) is 18.0 Å². The van der Waals surface area contributed by atoms with Crippen molar-refractivity contribution in [3.05, 3.63) is 0 Å². The molecule has 0 bridgehead atoms. The summed E-state index contributed by atoms with van der Waals surface area (Å²) < 4.78 is 22.0. The summed E-state index contributed by atoms with van der Waals surface area (Å²) in [6, 6.07) is 0. The Bertz CT molecular complexity index is 383. The molecule has 7 heteroatoms. The Balaban J connectivity index is 2.77. The van der Waals surface area contributed by atoms with Crippen molar-refractivity contribution in [3.8, 4) is 0 Å². The van der Waals surface area contributed by atoms with E-state index in [1.54, 1.807) is 0 Å². The molecule has 0 unspecified atom stereocenters. The number of sulfonamides is 1. The number of carboxylic acid groups (broad SMARTS) is 1. The maximum Gasteiger partial charge on any atom is 0.305 e. The first-order valence-corrected chi connectivity index (χ1v) is 5.44. The maximum atomic E-state index is 11.4. The molecule has 0 saturated carbocycles. The van der Waals surface area contributed by atoms with Crippen LogP contribution in [0, 0.1) is 0 Å². The Labute approximate surface area is 81.6 Å². The molecule has 0 aromatic rings. The molecule has 1 aliphatic heterocycles. The largest absolute Gasteiger partial charge is 0.481 e. The van der Waals surface area contributed by atoms with Gasteiger partial charge in [0.05, 0.1) is 6.42 Å². The summed E-state index contributed by atoms with van der Waals surface area (Å²) in [6.07, 6.45) is -0.360. The topological polar surface area (TPSA) is 91.8 Å². The van der Waals surface area contributed by atoms with Crippen molar-refractivity contribution in [3.63, 3.8) is 0 Å². The second-order valence-electron chi connectivity index (χ2n) is 3.54. The zero-order valence-electron chi connectivity index (χ0n) is 7.85. The van der Waals surface area contributed by atoms with Gasteiger partial charge >= 0.3 is 5.97 Å². The molecule has 1 aliphatic rings. The molecule has 1 rings (SSSR count). The van der Waals surface area contributed by atoms with Crippen LogP contribution in [0.2, 0.25) is 0 Å². The maximum absolute atomic E-state index is 11.4. The zero-order chi connectivity index (χ0) is 11.1. The summed E-state index contributed by atoms with van der Waals surface area (Å²) in [5, 5.41) is 8.34. The molecule has 1 saturated heterocycles. The second kappa shape index (κ2) is 2.94. The standard InChI is InChI=1S/C7H11NO5S/c1-7(2)6(11)8(14(7,12)13)4-3-5(9)10/h3-4H2,1-2H3,(H,9,10). The molecule has 6 nitrogen and oxygen atoms in total. The summed E-state index contributed by atoms with van der Waals surface area (Å²) in [6.45, 7) is 2.34. The molecule has 1 amide bonds. The smallest absolute Gasteiger partial charge is 0.305 e. The van der Waals surface area contributed by atoms with Gasteiger partial charge in [0.2, 0.25) is 0 Å². The van der Waals surface area contributed by atoms with Gasteiger partial charge in [-0.3, -0.25) is 9.59 Å². The molecular formula is C7H11NO5S. The van der Waals surface area contributed by atoms with Gasteiger partial charge in [-0.15, -0.1) is 0 Å². The van der Waals surface area contributed by atoms with E-state index in [0.717, 1.165) is 0 Å². The van der Waals surface area contributed by atoms with Gasteiger partial charge in [0, 0.05) is 6.54 Å². The number of amides is 1. The molecule has 0 aromatic carbocycles. The van der Waals surface area contributed by atoms with Crippen LogP contribution < -0.4 is 0 Å². The van der Waals surface area contributed by atoms with Crippen LogP contribution in [0.3, 0.4) is 0 Å². The second-order valence-corrected chi connectivity index (χ2v) is 5.95. The lowest BCUT2D eigenvalue weighted by molar-refractivity contribution is -0.138. The average molecular weight is 221 g/mol. The van der Waals surface area contributed by atoms with Gasteiger partial charge in [0.1, 0.15) is 0 Å². The predicted molar refractivity (Wildman–Crippen MR) is 47.0 cm³/mol. The van der Waals surface area contributed by atoms with Gasteiger partial charge in [-0.2, -0.15) is 0 Å². The molecule has 1 heterocycles. The van der Waals surface area contributed by atoms with Crippen LogP contribution in [0.25, 0.3) is 0 Å². The predicted octanol–water partition coefficient (Wildman–Crippen LogP) is -0.588. The number of carbonyl (C=O) groups excluding carboxylic acids is 1. The van der Waals surface area contributed by atoms with Crippen LogP contribution in [-0.4, -0.2) is 41.0 Å². The highest BCUT2D eigenvalue weighted by Crippen LogP contribution is 2.34. The van der Waals surface area contributed by atoms with E-state index in [1.807, 2.05) is 0 Å². The minimum Gasteiger partial charge on any atom is -0.481 e. The quantitative estimate of drug-likeness (QED) is 0.687. The van der Waals surface area contributed by atoms with E-state index < -0.39 is 26.6 Å². The van der Waals surface area contributed by atoms with Gasteiger partial charge in [0.15, 0.2) is 4.75 Å². The van der Waals surface area contributed by atoms with E-state index in [4.69, 9.17) is 5.11 Å². The number of rotatable bonds is 3. The molecule has 0 atom stereocenters. The van der Waals surface area contributed by atoms with Crippen molar-refractivity contribution in [2.24, 2.45) is 0 Å². The first kappa shape index (κ1) is 11.0. The van der Waals surface area contributed by atoms with Gasteiger partial charge in [-0.1, -0.05) is 0 Å². The fraction of sp³-hybridized carbons (Fsp3) is 0.714. The minimum absolute atomic E-state index is 0.278. The van der Waals surface area contributed by atoms with Crippen molar-refractivity contribution < 1.29 is 23.1 Å². The summed E-state index contributed by atoms with van der Waals surface area (Å²) in [5.74, 6) is -1.67. The fourth-order valence-corrected chi connectivity index (χ4v) is 2.70. The molecule has 14 heavy (non-hydrogen) atoms. The van der Waals surface area contributed by atoms with Crippen molar-refractivity contribution in [2.45, 2.75) is 25.0 Å². The van der Waals surface area contributed by atoms with E-state index in [-0.39, 0.29) is 13.0 Å². The summed E-state index contributed by atoms with van der Waals surface area (Å²) >= 11 is 0. The van der Waals surface area contributed by atoms with Crippen molar-refractivity contribution >= 4 is 21.9 Å². The molecular weight excluding hydrogens is 210 g/mol. The highest BCUT2D eigenvalue weighted by atomic mass is 32.2. The van der Waals surface area contributed by atoms with Crippen LogP contribution in [-0.2, 0) is 19.6 Å². The van der Waals surface area contributed by atoms with Crippen molar-refractivity contribution in [1.29, 1.82) is 0 Å². The van der Waals surface area contributed by atoms with Gasteiger partial charge in [0.25, 0.3) is 15.9 Å². The number of carboxylic acids is 1. The number of carbonyl (C=O) groups is 2. The first-order chi connectivity index (χ1) is 6.21. The lowest BCUT2D eigenvalue weighted by Gasteiger charge is -2.42. The minimum atomic E-state index is -3.62. The summed E-state index contributed by atoms with van der Waals surface area (Å²) in [7, 11) is -3.62. The number of nitrogens with zero attached hydrogens (tertiary/aromatic N) is 1. The van der Waals surface area contributed by atoms with Gasteiger partial charge in [-0.05, 0) is 13.8 Å². The highest BCUT2D eigenvalue weighted by molar-refractivity contribution is 7.94. The SMILES string of the molecule is CC1(C)C(=O)N(CCC(=O)O)S1(=O)=O. The lowest BCUT2D eigenvalue weighted by Crippen LogP contribution is -2.67. The Hall–Kier alpha value is -1.11. The summed E-state index contributed by atoms with van der Waals surface area (Å²) in [4.78, 5) is 21.5. The normalized spacial score (nSPS) is 23.0. The zero-order valence-corrected chi connectivity index (χ0v) is 8.67. The summed E-state index contributed by atoms with van der Waals surface area (Å²) in [5.41, 5.74) is 0. The molecule has 0 aliphatic carbocycles. The third-order valence-corrected chi connectivity index (χ3v) is 4.60. The molecule has 80 valence electrons. The number of hydrogen-bond acceptors (Lipinski definition) is 4. The Kier molecular flexibility index (Phi) is 2.31. The van der Waals surface area contributed by atoms with E-state index in [1.165, 1.54) is 13.8 Å². The highest BCUT2D eigenvalue weighted by Gasteiger charge is 2.59. The third kappa shape index (κ3) is 1.28. The number of aliphatic carboxylic acids is 1. The van der Waals surface area contributed by atoms with Gasteiger partial charge in [-0.25, -0.2) is 12.7 Å². The molecule has 1 N–H and O–H groups in total.